The summed E-state index contributed by atoms with van der Waals surface area (Å²) in [5.41, 5.74) is 0.0224. The zero-order chi connectivity index (χ0) is 16.8. The van der Waals surface area contributed by atoms with Crippen LogP contribution in [0.25, 0.3) is 0 Å². The summed E-state index contributed by atoms with van der Waals surface area (Å²) in [6, 6.07) is 3.37. The normalized spacial score (nSPS) is 14.5. The fourth-order valence-corrected chi connectivity index (χ4v) is 5.07. The average molecular weight is 315 g/mol. The van der Waals surface area contributed by atoms with Gasteiger partial charge in [-0.1, -0.05) is 0 Å². The third-order valence-corrected chi connectivity index (χ3v) is 6.20. The first kappa shape index (κ1) is 20.8. The van der Waals surface area contributed by atoms with E-state index in [1.54, 1.807) is 0 Å². The van der Waals surface area contributed by atoms with Gasteiger partial charge >= 0.3 is 0 Å². The fourth-order valence-electron chi connectivity index (χ4n) is 2.63. The molecule has 0 aromatic carbocycles. The van der Waals surface area contributed by atoms with Crippen LogP contribution < -0.4 is 0 Å². The molecular weight excluding hydrogens is 281 g/mol. The van der Waals surface area contributed by atoms with Gasteiger partial charge < -0.3 is 4.52 Å². The maximum absolute atomic E-state index is 8.79. The van der Waals surface area contributed by atoms with Crippen LogP contribution in [0.5, 0.6) is 0 Å². The second kappa shape index (κ2) is 9.06. The zero-order valence-corrected chi connectivity index (χ0v) is 16.2. The number of rotatable bonds is 8. The van der Waals surface area contributed by atoms with Crippen LogP contribution in [-0.4, -0.2) is 39.6 Å². The van der Waals surface area contributed by atoms with Crippen LogP contribution in [0, 0.1) is 11.3 Å². The van der Waals surface area contributed by atoms with E-state index in [4.69, 9.17) is 9.79 Å². The van der Waals surface area contributed by atoms with Crippen LogP contribution >= 0.6 is 8.45 Å². The number of nitrogens with zero attached hydrogens (tertiary/aromatic N) is 3. The van der Waals surface area contributed by atoms with Crippen molar-refractivity contribution in [2.45, 2.75) is 92.4 Å². The van der Waals surface area contributed by atoms with E-state index in [0.29, 0.717) is 31.2 Å². The quantitative estimate of drug-likeness (QED) is 0.478. The first-order valence-electron chi connectivity index (χ1n) is 7.91. The number of hydrogen-bond acceptors (Lipinski definition) is 4. The van der Waals surface area contributed by atoms with Gasteiger partial charge in [0.25, 0.3) is 0 Å². The predicted octanol–water partition coefficient (Wildman–Crippen LogP) is 4.77. The molecule has 0 aromatic heterocycles. The van der Waals surface area contributed by atoms with Crippen LogP contribution in [0.1, 0.15) is 68.7 Å². The van der Waals surface area contributed by atoms with Crippen LogP contribution in [0.3, 0.4) is 0 Å². The molecule has 124 valence electrons. The summed E-state index contributed by atoms with van der Waals surface area (Å²) in [4.78, 5) is 0. The van der Waals surface area contributed by atoms with Gasteiger partial charge in [0.2, 0.25) is 0 Å². The van der Waals surface area contributed by atoms with Gasteiger partial charge in [0.05, 0.1) is 19.1 Å². The molecule has 0 amide bonds. The lowest BCUT2D eigenvalue weighted by Gasteiger charge is -2.49. The summed E-state index contributed by atoms with van der Waals surface area (Å²) >= 11 is 0. The molecule has 0 saturated carbocycles. The van der Waals surface area contributed by atoms with Crippen molar-refractivity contribution < 1.29 is 4.52 Å². The lowest BCUT2D eigenvalue weighted by molar-refractivity contribution is 0.147. The molecule has 0 N–H and O–H groups in total. The molecule has 0 saturated heterocycles. The van der Waals surface area contributed by atoms with E-state index >= 15 is 0 Å². The summed E-state index contributed by atoms with van der Waals surface area (Å²) in [5, 5.41) is 8.79. The maximum Gasteiger partial charge on any atom is 0.189 e. The minimum atomic E-state index is -0.890. The molecule has 4 nitrogen and oxygen atoms in total. The molecule has 21 heavy (non-hydrogen) atoms. The first-order chi connectivity index (χ1) is 9.53. The molecule has 1 atom stereocenters. The second-order valence-corrected chi connectivity index (χ2v) is 8.83. The van der Waals surface area contributed by atoms with Gasteiger partial charge in [0.1, 0.15) is 0 Å². The minimum absolute atomic E-state index is 0.0224. The summed E-state index contributed by atoms with van der Waals surface area (Å²) in [6.45, 7) is 20.5. The molecule has 0 unspecified atom stereocenters. The Bertz CT molecular complexity index is 323. The van der Waals surface area contributed by atoms with Crippen molar-refractivity contribution in [1.82, 2.24) is 9.34 Å². The molecule has 0 aliphatic carbocycles. The summed E-state index contributed by atoms with van der Waals surface area (Å²) in [5.74, 6) is 0. The Morgan fingerprint density at radius 3 is 1.76 bits per heavy atom. The Balaban J connectivity index is 5.49. The molecule has 0 bridgehead atoms. The second-order valence-electron chi connectivity index (χ2n) is 7.17. The highest BCUT2D eigenvalue weighted by atomic mass is 31.2. The van der Waals surface area contributed by atoms with E-state index in [1.165, 1.54) is 0 Å². The summed E-state index contributed by atoms with van der Waals surface area (Å²) < 4.78 is 11.1. The minimum Gasteiger partial charge on any atom is -0.330 e. The van der Waals surface area contributed by atoms with E-state index in [-0.39, 0.29) is 5.54 Å². The molecular formula is C16H34N3OP. The zero-order valence-electron chi connectivity index (χ0n) is 15.3. The maximum atomic E-state index is 8.79. The van der Waals surface area contributed by atoms with Crippen LogP contribution in [0.2, 0.25) is 0 Å². The Hall–Kier alpha value is -0.200. The van der Waals surface area contributed by atoms with Crippen LogP contribution in [0.15, 0.2) is 0 Å². The van der Waals surface area contributed by atoms with Gasteiger partial charge in [-0.2, -0.15) is 5.26 Å². The van der Waals surface area contributed by atoms with Crippen molar-refractivity contribution in [3.63, 3.8) is 0 Å². The summed E-state index contributed by atoms with van der Waals surface area (Å²) in [6.07, 6.45) is 0.443. The van der Waals surface area contributed by atoms with Crippen molar-refractivity contribution in [3.8, 4) is 6.07 Å². The van der Waals surface area contributed by atoms with Gasteiger partial charge in [-0.25, -0.2) is 9.34 Å². The van der Waals surface area contributed by atoms with Crippen molar-refractivity contribution in [1.29, 1.82) is 5.26 Å². The topological polar surface area (TPSA) is 39.5 Å². The molecule has 5 heteroatoms. The monoisotopic (exact) mass is 315 g/mol. The van der Waals surface area contributed by atoms with E-state index in [0.717, 1.165) is 0 Å². The Morgan fingerprint density at radius 2 is 1.48 bits per heavy atom. The molecule has 0 fully saturated rings. The lowest BCUT2D eigenvalue weighted by Crippen LogP contribution is -2.48. The molecule has 0 spiro atoms. The van der Waals surface area contributed by atoms with E-state index in [2.05, 4.69) is 77.7 Å². The van der Waals surface area contributed by atoms with Crippen molar-refractivity contribution in [2.24, 2.45) is 0 Å². The van der Waals surface area contributed by atoms with Gasteiger partial charge in [-0.15, -0.1) is 0 Å². The molecule has 0 aliphatic rings. The Morgan fingerprint density at radius 1 is 1.00 bits per heavy atom. The fraction of sp³-hybridized carbons (Fsp3) is 0.938. The van der Waals surface area contributed by atoms with E-state index in [9.17, 15) is 0 Å². The summed E-state index contributed by atoms with van der Waals surface area (Å²) in [7, 11) is -0.890. The molecule has 0 aromatic rings. The smallest absolute Gasteiger partial charge is 0.189 e. The standard InChI is InChI=1S/C16H34N3OP/c1-13(2)18(14(3)4)21(20-12-10-11-17)19(15(5)6)16(7,8)9/h13-15H,10,12H2,1-9H3/t21-/m1/s1. The van der Waals surface area contributed by atoms with Gasteiger partial charge in [0.15, 0.2) is 8.45 Å². The lowest BCUT2D eigenvalue weighted by atomic mass is 10.1. The van der Waals surface area contributed by atoms with E-state index < -0.39 is 8.45 Å². The third-order valence-electron chi connectivity index (χ3n) is 3.04. The predicted molar refractivity (Wildman–Crippen MR) is 91.9 cm³/mol. The van der Waals surface area contributed by atoms with Crippen molar-refractivity contribution in [2.75, 3.05) is 6.61 Å². The largest absolute Gasteiger partial charge is 0.330 e. The number of nitriles is 1. The van der Waals surface area contributed by atoms with Crippen molar-refractivity contribution in [3.05, 3.63) is 0 Å². The molecule has 0 rings (SSSR count). The highest BCUT2D eigenvalue weighted by molar-refractivity contribution is 7.47. The molecule has 0 aliphatic heterocycles. The average Bonchev–Trinajstić information content (AvgIpc) is 2.25. The highest BCUT2D eigenvalue weighted by Crippen LogP contribution is 2.52. The highest BCUT2D eigenvalue weighted by Gasteiger charge is 2.38. The SMILES string of the molecule is CC(C)N(C(C)C)[P@@](OCCC#N)N(C(C)C)C(C)(C)C. The molecule has 0 heterocycles. The van der Waals surface area contributed by atoms with Crippen LogP contribution in [-0.2, 0) is 4.52 Å². The van der Waals surface area contributed by atoms with Gasteiger partial charge in [-0.05, 0) is 62.3 Å². The van der Waals surface area contributed by atoms with Gasteiger partial charge in [-0.3, -0.25) is 0 Å². The number of hydrogen-bond donors (Lipinski definition) is 0. The van der Waals surface area contributed by atoms with Crippen molar-refractivity contribution >= 4 is 8.45 Å². The first-order valence-corrected chi connectivity index (χ1v) is 9.08. The van der Waals surface area contributed by atoms with Gasteiger partial charge in [0, 0.05) is 23.7 Å². The Kier molecular flexibility index (Phi) is 8.97. The van der Waals surface area contributed by atoms with Crippen LogP contribution in [0.4, 0.5) is 0 Å². The third kappa shape index (κ3) is 6.61. The molecule has 0 radical (unpaired) electrons. The van der Waals surface area contributed by atoms with E-state index in [1.807, 2.05) is 0 Å². The Labute approximate surface area is 133 Å².